The molecule has 0 aliphatic heterocycles. The summed E-state index contributed by atoms with van der Waals surface area (Å²) in [6.07, 6.45) is -1.75. The van der Waals surface area contributed by atoms with Gasteiger partial charge in [-0.15, -0.1) is 0 Å². The summed E-state index contributed by atoms with van der Waals surface area (Å²) in [5.74, 6) is -4.14. The van der Waals surface area contributed by atoms with E-state index in [2.05, 4.69) is 20.7 Å². The first-order valence-electron chi connectivity index (χ1n) is 13.5. The summed E-state index contributed by atoms with van der Waals surface area (Å²) in [5, 5.41) is 10.3. The minimum absolute atomic E-state index is 0.0788. The second-order valence-electron chi connectivity index (χ2n) is 10.9. The van der Waals surface area contributed by atoms with Crippen LogP contribution in [0.1, 0.15) is 85.1 Å². The van der Waals surface area contributed by atoms with E-state index in [9.17, 15) is 31.5 Å². The second-order valence-corrected chi connectivity index (χ2v) is 11.3. The molecule has 0 spiro atoms. The van der Waals surface area contributed by atoms with Crippen molar-refractivity contribution in [1.82, 2.24) is 25.2 Å². The Bertz CT molecular complexity index is 1410. The molecule has 3 aromatic rings. The third-order valence-corrected chi connectivity index (χ3v) is 8.05. The van der Waals surface area contributed by atoms with Gasteiger partial charge in [0.05, 0.1) is 47.2 Å². The smallest absolute Gasteiger partial charge is 0.349 e. The Hall–Kier alpha value is -3.28. The Morgan fingerprint density at radius 1 is 1.05 bits per heavy atom. The molecule has 2 heterocycles. The maximum atomic E-state index is 14.0. The first kappa shape index (κ1) is 29.2. The number of carbonyl (C=O) groups excluding carboxylic acids is 2. The van der Waals surface area contributed by atoms with Gasteiger partial charge in [0.2, 0.25) is 11.8 Å². The normalized spacial score (nSPS) is 19.1. The fourth-order valence-corrected chi connectivity index (χ4v) is 5.55. The van der Waals surface area contributed by atoms with E-state index in [-0.39, 0.29) is 48.1 Å². The van der Waals surface area contributed by atoms with Crippen LogP contribution in [-0.2, 0) is 4.79 Å². The molecule has 2 fully saturated rings. The summed E-state index contributed by atoms with van der Waals surface area (Å²) >= 11 is 6.22. The zero-order valence-corrected chi connectivity index (χ0v) is 22.7. The number of benzene rings is 1. The van der Waals surface area contributed by atoms with Gasteiger partial charge < -0.3 is 10.6 Å². The molecule has 0 saturated heterocycles. The van der Waals surface area contributed by atoms with Gasteiger partial charge in [-0.1, -0.05) is 23.7 Å². The number of carbonyl (C=O) groups is 2. The monoisotopic (exact) mass is 597 g/mol. The lowest BCUT2D eigenvalue weighted by Crippen LogP contribution is -2.37. The Morgan fingerprint density at radius 2 is 1.73 bits per heavy atom. The Balaban J connectivity index is 1.40. The van der Waals surface area contributed by atoms with Crippen molar-refractivity contribution in [2.24, 2.45) is 11.8 Å². The number of alkyl halides is 5. The number of imidazole rings is 1. The number of nitrogens with one attached hydrogen (secondary N) is 2. The van der Waals surface area contributed by atoms with Gasteiger partial charge in [0, 0.05) is 19.3 Å². The van der Waals surface area contributed by atoms with E-state index >= 15 is 0 Å². The molecule has 13 heteroatoms. The highest BCUT2D eigenvalue weighted by Gasteiger charge is 2.40. The van der Waals surface area contributed by atoms with E-state index in [0.717, 1.165) is 12.8 Å². The van der Waals surface area contributed by atoms with Crippen LogP contribution in [0.25, 0.3) is 5.65 Å². The zero-order chi connectivity index (χ0) is 29.4. The maximum absolute atomic E-state index is 14.0. The van der Waals surface area contributed by atoms with Gasteiger partial charge in [-0.25, -0.2) is 18.3 Å². The number of hydrogen-bond acceptors (Lipinski definition) is 4. The van der Waals surface area contributed by atoms with Crippen LogP contribution in [0.4, 0.5) is 22.0 Å². The van der Waals surface area contributed by atoms with Crippen LogP contribution < -0.4 is 10.6 Å². The van der Waals surface area contributed by atoms with Crippen LogP contribution >= 0.6 is 11.6 Å². The number of aromatic nitrogens is 3. The summed E-state index contributed by atoms with van der Waals surface area (Å²) in [6, 6.07) is 7.02. The van der Waals surface area contributed by atoms with Crippen molar-refractivity contribution in [3.63, 3.8) is 0 Å². The summed E-state index contributed by atoms with van der Waals surface area (Å²) < 4.78 is 67.2. The largest absolute Gasteiger partial charge is 0.389 e. The van der Waals surface area contributed by atoms with Crippen molar-refractivity contribution in [2.75, 3.05) is 0 Å². The summed E-state index contributed by atoms with van der Waals surface area (Å²) in [7, 11) is 0. The lowest BCUT2D eigenvalue weighted by atomic mass is 9.81. The molecule has 0 bridgehead atoms. The minimum atomic E-state index is -4.43. The molecule has 2 N–H and O–H groups in total. The van der Waals surface area contributed by atoms with Crippen molar-refractivity contribution in [1.29, 1.82) is 0 Å². The molecule has 1 unspecified atom stereocenters. The summed E-state index contributed by atoms with van der Waals surface area (Å²) in [4.78, 5) is 30.1. The van der Waals surface area contributed by atoms with Crippen molar-refractivity contribution in [3.8, 4) is 0 Å². The molecule has 2 saturated carbocycles. The highest BCUT2D eigenvalue weighted by Crippen LogP contribution is 2.43. The molecule has 220 valence electrons. The number of hydrogen-bond donors (Lipinski definition) is 2. The first-order valence-corrected chi connectivity index (χ1v) is 13.9. The third kappa shape index (κ3) is 7.33. The van der Waals surface area contributed by atoms with E-state index in [1.165, 1.54) is 10.7 Å². The van der Waals surface area contributed by atoms with E-state index in [4.69, 9.17) is 11.6 Å². The number of rotatable bonds is 9. The van der Waals surface area contributed by atoms with E-state index in [1.807, 2.05) is 0 Å². The lowest BCUT2D eigenvalue weighted by molar-refractivity contribution is -0.144. The quantitative estimate of drug-likeness (QED) is 0.273. The van der Waals surface area contributed by atoms with Crippen molar-refractivity contribution in [3.05, 3.63) is 64.6 Å². The molecule has 0 radical (unpaired) electrons. The van der Waals surface area contributed by atoms with Crippen LogP contribution in [0.2, 0.25) is 5.02 Å². The second kappa shape index (κ2) is 11.5. The van der Waals surface area contributed by atoms with Crippen LogP contribution in [0.15, 0.2) is 42.7 Å². The fraction of sp³-hybridized carbons (Fsp3) is 0.500. The third-order valence-electron chi connectivity index (χ3n) is 7.72. The predicted molar refractivity (Wildman–Crippen MR) is 140 cm³/mol. The van der Waals surface area contributed by atoms with Gasteiger partial charge in [0.15, 0.2) is 5.65 Å². The molecule has 2 aromatic heterocycles. The molecule has 2 aliphatic carbocycles. The number of amides is 2. The van der Waals surface area contributed by atoms with Crippen LogP contribution in [-0.4, -0.2) is 38.5 Å². The van der Waals surface area contributed by atoms with Gasteiger partial charge in [-0.3, -0.25) is 9.59 Å². The topological polar surface area (TPSA) is 88.4 Å². The first-order chi connectivity index (χ1) is 19.4. The average molecular weight is 598 g/mol. The van der Waals surface area contributed by atoms with Crippen LogP contribution in [0.3, 0.4) is 0 Å². The highest BCUT2D eigenvalue weighted by molar-refractivity contribution is 6.33. The number of nitrogens with zero attached hydrogens (tertiary/aromatic N) is 3. The molecule has 7 nitrogen and oxygen atoms in total. The summed E-state index contributed by atoms with van der Waals surface area (Å²) in [5.41, 5.74) is 1.68. The van der Waals surface area contributed by atoms with Gasteiger partial charge in [0.25, 0.3) is 5.91 Å². The molecule has 2 aliphatic rings. The van der Waals surface area contributed by atoms with E-state index in [1.54, 1.807) is 36.5 Å². The minimum Gasteiger partial charge on any atom is -0.349 e. The van der Waals surface area contributed by atoms with Gasteiger partial charge in [-0.2, -0.15) is 18.3 Å². The van der Waals surface area contributed by atoms with Gasteiger partial charge >= 0.3 is 6.18 Å². The van der Waals surface area contributed by atoms with Gasteiger partial charge in [-0.05, 0) is 61.3 Å². The Labute approximate surface area is 237 Å². The van der Waals surface area contributed by atoms with Crippen molar-refractivity contribution >= 4 is 29.1 Å². The molecule has 41 heavy (non-hydrogen) atoms. The fourth-order valence-electron chi connectivity index (χ4n) is 5.33. The maximum Gasteiger partial charge on any atom is 0.389 e. The predicted octanol–water partition coefficient (Wildman–Crippen LogP) is 6.59. The van der Waals surface area contributed by atoms with Crippen LogP contribution in [0, 0.1) is 11.8 Å². The number of halogens is 6. The lowest BCUT2D eigenvalue weighted by Gasteiger charge is -2.33. The standard InChI is InChI=1S/C28H29ClF5N5O2/c29-20-4-2-1-3-19(20)26(41)38-25(17-7-10-27(30,31)11-8-17)21-15-39-22(36-21)13-18(14-35-39)24(16-5-6-16)37-23(40)9-12-28(32,33)34/h1-4,13-17,24-25H,5-12H2,(H,37,40)(H,38,41)/t24?,25-/m0/s1. The molecule has 1 aromatic carbocycles. The van der Waals surface area contributed by atoms with Crippen LogP contribution in [0.5, 0.6) is 0 Å². The number of fused-ring (bicyclic) bond motifs is 1. The molecule has 2 atom stereocenters. The van der Waals surface area contributed by atoms with E-state index in [0.29, 0.717) is 16.9 Å². The van der Waals surface area contributed by atoms with Gasteiger partial charge in [0.1, 0.15) is 0 Å². The van der Waals surface area contributed by atoms with Crippen molar-refractivity contribution < 1.29 is 31.5 Å². The Morgan fingerprint density at radius 3 is 2.39 bits per heavy atom. The molecular formula is C28H29ClF5N5O2. The Kier molecular flexibility index (Phi) is 8.22. The molecular weight excluding hydrogens is 569 g/mol. The summed E-state index contributed by atoms with van der Waals surface area (Å²) in [6.45, 7) is 0. The molecule has 5 rings (SSSR count). The van der Waals surface area contributed by atoms with E-state index < -0.39 is 48.8 Å². The van der Waals surface area contributed by atoms with Crippen molar-refractivity contribution in [2.45, 2.75) is 75.5 Å². The zero-order valence-electron chi connectivity index (χ0n) is 21.9. The SMILES string of the molecule is O=C(CCC(F)(F)F)NC(c1cnn2cc([C@@H](NC(=O)c3ccccc3Cl)C3CCC(F)(F)CC3)nc2c1)C1CC1. The highest BCUT2D eigenvalue weighted by atomic mass is 35.5. The molecule has 2 amide bonds. The average Bonchev–Trinajstić information content (AvgIpc) is 3.67.